The monoisotopic (exact) mass is 163 g/mol. The molecule has 0 radical (unpaired) electrons. The topological polar surface area (TPSA) is 33.1 Å². The molecule has 60 valence electrons. The van der Waals surface area contributed by atoms with Crippen LogP contribution in [0.2, 0.25) is 0 Å². The van der Waals surface area contributed by atoms with E-state index >= 15 is 0 Å². The summed E-state index contributed by atoms with van der Waals surface area (Å²) in [7, 11) is 0. The smallest absolute Gasteiger partial charge is 0.142 e. The van der Waals surface area contributed by atoms with Crippen LogP contribution in [-0.2, 0) is 0 Å². The van der Waals surface area contributed by atoms with Crippen LogP contribution in [-0.4, -0.2) is 10.1 Å². The minimum absolute atomic E-state index is 0.120. The number of benzene rings is 1. The molecule has 2 nitrogen and oxygen atoms in total. The average molecular weight is 163 g/mol. The number of hydrogen-bond donors (Lipinski definition) is 1. The molecule has 0 aliphatic carbocycles. The van der Waals surface area contributed by atoms with Crippen LogP contribution in [0.15, 0.2) is 30.5 Å². The highest BCUT2D eigenvalue weighted by Crippen LogP contribution is 2.18. The van der Waals surface area contributed by atoms with Crippen LogP contribution in [0.25, 0.3) is 10.9 Å². The molecule has 0 unspecified atom stereocenters. The fourth-order valence-corrected chi connectivity index (χ4v) is 1.09. The number of phenolic OH excluding ortho intramolecular Hbond substituents is 1. The molecule has 0 bridgehead atoms. The Morgan fingerprint density at radius 3 is 2.92 bits per heavy atom. The number of pyridine rings is 1. The van der Waals surface area contributed by atoms with Crippen LogP contribution >= 0.6 is 0 Å². The Labute approximate surface area is 68.3 Å². The van der Waals surface area contributed by atoms with E-state index in [-0.39, 0.29) is 5.75 Å². The molecule has 12 heavy (non-hydrogen) atoms. The first-order chi connectivity index (χ1) is 5.75. The maximum Gasteiger partial charge on any atom is 0.142 e. The van der Waals surface area contributed by atoms with Crippen molar-refractivity contribution in [1.29, 1.82) is 0 Å². The molecule has 0 amide bonds. The number of nitrogens with zero attached hydrogens (tertiary/aromatic N) is 1. The van der Waals surface area contributed by atoms with Crippen LogP contribution in [0, 0.1) is 5.82 Å². The highest BCUT2D eigenvalue weighted by atomic mass is 19.1. The first-order valence-electron chi connectivity index (χ1n) is 3.50. The Kier molecular flexibility index (Phi) is 1.43. The van der Waals surface area contributed by atoms with Crippen molar-refractivity contribution in [3.05, 3.63) is 36.3 Å². The Balaban J connectivity index is 2.80. The first kappa shape index (κ1) is 7.03. The van der Waals surface area contributed by atoms with Gasteiger partial charge in [-0.25, -0.2) is 4.39 Å². The van der Waals surface area contributed by atoms with E-state index in [4.69, 9.17) is 5.11 Å². The second-order valence-corrected chi connectivity index (χ2v) is 2.53. The summed E-state index contributed by atoms with van der Waals surface area (Å²) >= 11 is 0. The molecule has 0 atom stereocenters. The fraction of sp³-hybridized carbons (Fsp3) is 0. The number of aromatic hydroxyl groups is 1. The highest BCUT2D eigenvalue weighted by Gasteiger charge is 1.97. The SMILES string of the molecule is Oc1ccc2ncc(F)cc2c1. The third-order valence-electron chi connectivity index (χ3n) is 1.63. The predicted octanol–water partition coefficient (Wildman–Crippen LogP) is 2.08. The zero-order valence-electron chi connectivity index (χ0n) is 6.16. The second-order valence-electron chi connectivity index (χ2n) is 2.53. The van der Waals surface area contributed by atoms with Gasteiger partial charge in [-0.3, -0.25) is 4.98 Å². The summed E-state index contributed by atoms with van der Waals surface area (Å²) in [6, 6.07) is 5.98. The maximum absolute atomic E-state index is 12.6. The summed E-state index contributed by atoms with van der Waals surface area (Å²) in [6.45, 7) is 0. The molecule has 1 N–H and O–H groups in total. The Morgan fingerprint density at radius 1 is 1.25 bits per heavy atom. The van der Waals surface area contributed by atoms with Gasteiger partial charge in [-0.15, -0.1) is 0 Å². The fourth-order valence-electron chi connectivity index (χ4n) is 1.09. The average Bonchev–Trinajstić information content (AvgIpc) is 2.03. The molecule has 0 saturated carbocycles. The van der Waals surface area contributed by atoms with E-state index in [1.165, 1.54) is 18.2 Å². The number of rotatable bonds is 0. The molecule has 1 aromatic heterocycles. The van der Waals surface area contributed by atoms with Gasteiger partial charge in [0, 0.05) is 5.39 Å². The van der Waals surface area contributed by atoms with Crippen molar-refractivity contribution in [1.82, 2.24) is 4.98 Å². The first-order valence-corrected chi connectivity index (χ1v) is 3.50. The number of halogens is 1. The van der Waals surface area contributed by atoms with Gasteiger partial charge < -0.3 is 5.11 Å². The Hall–Kier alpha value is -1.64. The lowest BCUT2D eigenvalue weighted by Gasteiger charge is -1.96. The number of phenols is 1. The van der Waals surface area contributed by atoms with Crippen LogP contribution in [0.3, 0.4) is 0 Å². The van der Waals surface area contributed by atoms with Crippen molar-refractivity contribution in [3.63, 3.8) is 0 Å². The Bertz CT molecular complexity index is 391. The lowest BCUT2D eigenvalue weighted by atomic mass is 10.2. The Morgan fingerprint density at radius 2 is 2.08 bits per heavy atom. The molecule has 2 aromatic rings. The van der Waals surface area contributed by atoms with E-state index in [0.29, 0.717) is 10.9 Å². The molecule has 2 rings (SSSR count). The molecule has 0 saturated heterocycles. The molecule has 0 fully saturated rings. The number of fused-ring (bicyclic) bond motifs is 1. The van der Waals surface area contributed by atoms with Gasteiger partial charge in [-0.05, 0) is 24.3 Å². The summed E-state index contributed by atoms with van der Waals surface area (Å²) in [5, 5.41) is 9.68. The van der Waals surface area contributed by atoms with E-state index in [2.05, 4.69) is 4.98 Å². The summed E-state index contributed by atoms with van der Waals surface area (Å²) in [6.07, 6.45) is 1.15. The quantitative estimate of drug-likeness (QED) is 0.645. The van der Waals surface area contributed by atoms with Crippen LogP contribution < -0.4 is 0 Å². The molecule has 0 aliphatic rings. The van der Waals surface area contributed by atoms with Gasteiger partial charge in [0.15, 0.2) is 0 Å². The summed E-state index contributed by atoms with van der Waals surface area (Å²) in [5.74, 6) is -0.275. The van der Waals surface area contributed by atoms with Gasteiger partial charge in [-0.1, -0.05) is 0 Å². The van der Waals surface area contributed by atoms with Gasteiger partial charge in [0.05, 0.1) is 11.7 Å². The van der Waals surface area contributed by atoms with Gasteiger partial charge in [0.1, 0.15) is 11.6 Å². The normalized spacial score (nSPS) is 10.4. The zero-order valence-corrected chi connectivity index (χ0v) is 6.16. The van der Waals surface area contributed by atoms with Crippen molar-refractivity contribution in [2.24, 2.45) is 0 Å². The third-order valence-corrected chi connectivity index (χ3v) is 1.63. The standard InChI is InChI=1S/C9H6FNO/c10-7-3-6-4-8(12)1-2-9(6)11-5-7/h1-5,12H. The van der Waals surface area contributed by atoms with Crippen molar-refractivity contribution in [3.8, 4) is 5.75 Å². The van der Waals surface area contributed by atoms with E-state index < -0.39 is 5.82 Å². The molecule has 0 spiro atoms. The van der Waals surface area contributed by atoms with Crippen LogP contribution in [0.1, 0.15) is 0 Å². The third kappa shape index (κ3) is 1.09. The molecule has 3 heteroatoms. The largest absolute Gasteiger partial charge is 0.508 e. The summed E-state index contributed by atoms with van der Waals surface area (Å²) < 4.78 is 12.6. The zero-order chi connectivity index (χ0) is 8.55. The summed E-state index contributed by atoms with van der Waals surface area (Å²) in [5.41, 5.74) is 0.675. The van der Waals surface area contributed by atoms with E-state index in [1.54, 1.807) is 6.07 Å². The van der Waals surface area contributed by atoms with Crippen molar-refractivity contribution < 1.29 is 9.50 Å². The number of hydrogen-bond acceptors (Lipinski definition) is 2. The van der Waals surface area contributed by atoms with E-state index in [1.807, 2.05) is 0 Å². The van der Waals surface area contributed by atoms with Gasteiger partial charge >= 0.3 is 0 Å². The minimum atomic E-state index is -0.395. The van der Waals surface area contributed by atoms with Crippen molar-refractivity contribution >= 4 is 10.9 Å². The van der Waals surface area contributed by atoms with Gasteiger partial charge in [-0.2, -0.15) is 0 Å². The lowest BCUT2D eigenvalue weighted by molar-refractivity contribution is 0.476. The molecule has 1 aromatic carbocycles. The second kappa shape index (κ2) is 2.44. The van der Waals surface area contributed by atoms with Gasteiger partial charge in [0.25, 0.3) is 0 Å². The van der Waals surface area contributed by atoms with Crippen LogP contribution in [0.4, 0.5) is 4.39 Å². The maximum atomic E-state index is 12.6. The van der Waals surface area contributed by atoms with Gasteiger partial charge in [0.2, 0.25) is 0 Å². The molecule has 0 aliphatic heterocycles. The molecular formula is C9H6FNO. The highest BCUT2D eigenvalue weighted by molar-refractivity contribution is 5.79. The number of aromatic nitrogens is 1. The van der Waals surface area contributed by atoms with E-state index in [0.717, 1.165) is 6.20 Å². The lowest BCUT2D eigenvalue weighted by Crippen LogP contribution is -1.80. The minimum Gasteiger partial charge on any atom is -0.508 e. The molecule has 1 heterocycles. The van der Waals surface area contributed by atoms with E-state index in [9.17, 15) is 4.39 Å². The van der Waals surface area contributed by atoms with Crippen molar-refractivity contribution in [2.75, 3.05) is 0 Å². The van der Waals surface area contributed by atoms with Crippen molar-refractivity contribution in [2.45, 2.75) is 0 Å². The predicted molar refractivity (Wildman–Crippen MR) is 43.4 cm³/mol. The van der Waals surface area contributed by atoms with Crippen LogP contribution in [0.5, 0.6) is 5.75 Å². The molecular weight excluding hydrogens is 157 g/mol. The summed E-state index contributed by atoms with van der Waals surface area (Å²) in [4.78, 5) is 3.84.